The second-order valence-electron chi connectivity index (χ2n) is 6.88. The molecule has 0 aromatic heterocycles. The molecule has 0 saturated carbocycles. The molecule has 25 heavy (non-hydrogen) atoms. The molecule has 1 aromatic carbocycles. The summed E-state index contributed by atoms with van der Waals surface area (Å²) in [4.78, 5) is 33.6. The van der Waals surface area contributed by atoms with Gasteiger partial charge in [0.15, 0.2) is 0 Å². The molecule has 2 aliphatic rings. The standard InChI is InChI=1S/C19H25N3O3/c1-4-16-10-17(25-20-16)19(24)22-6-5-21(18(23)12-22)11-15-8-13(2)7-14(3)9-15/h7-9,17H,4-6,10-12H2,1-3H3/t17-/m0/s1. The van der Waals surface area contributed by atoms with Gasteiger partial charge in [0.25, 0.3) is 5.91 Å². The van der Waals surface area contributed by atoms with E-state index in [1.165, 1.54) is 11.1 Å². The summed E-state index contributed by atoms with van der Waals surface area (Å²) in [6.45, 7) is 7.90. The number of rotatable bonds is 4. The number of benzene rings is 1. The van der Waals surface area contributed by atoms with Gasteiger partial charge in [-0.1, -0.05) is 41.4 Å². The van der Waals surface area contributed by atoms with Crippen LogP contribution in [0.3, 0.4) is 0 Å². The van der Waals surface area contributed by atoms with Crippen molar-refractivity contribution in [3.05, 3.63) is 34.9 Å². The van der Waals surface area contributed by atoms with Gasteiger partial charge < -0.3 is 14.6 Å². The van der Waals surface area contributed by atoms with Crippen LogP contribution in [0.2, 0.25) is 0 Å². The van der Waals surface area contributed by atoms with Crippen LogP contribution in [-0.2, 0) is 21.0 Å². The fraction of sp³-hybridized carbons (Fsp3) is 0.526. The number of carbonyl (C=O) groups excluding carboxylic acids is 2. The third-order valence-electron chi connectivity index (χ3n) is 4.70. The fourth-order valence-electron chi connectivity index (χ4n) is 3.42. The molecule has 0 radical (unpaired) electrons. The van der Waals surface area contributed by atoms with E-state index in [-0.39, 0.29) is 18.4 Å². The average molecular weight is 343 g/mol. The highest BCUT2D eigenvalue weighted by Gasteiger charge is 2.35. The number of oxime groups is 1. The van der Waals surface area contributed by atoms with Crippen LogP contribution in [0, 0.1) is 13.8 Å². The Kier molecular flexibility index (Phi) is 5.06. The van der Waals surface area contributed by atoms with Gasteiger partial charge >= 0.3 is 0 Å². The fourth-order valence-corrected chi connectivity index (χ4v) is 3.42. The van der Waals surface area contributed by atoms with Crippen molar-refractivity contribution in [2.75, 3.05) is 19.6 Å². The van der Waals surface area contributed by atoms with Crippen LogP contribution in [-0.4, -0.2) is 53.1 Å². The van der Waals surface area contributed by atoms with Crippen molar-refractivity contribution in [1.82, 2.24) is 9.80 Å². The van der Waals surface area contributed by atoms with Crippen molar-refractivity contribution in [3.63, 3.8) is 0 Å². The Balaban J connectivity index is 1.57. The van der Waals surface area contributed by atoms with Crippen molar-refractivity contribution in [2.45, 2.75) is 46.3 Å². The zero-order valence-corrected chi connectivity index (χ0v) is 15.1. The molecule has 0 bridgehead atoms. The van der Waals surface area contributed by atoms with E-state index in [1.807, 2.05) is 11.8 Å². The maximum Gasteiger partial charge on any atom is 0.267 e. The second-order valence-corrected chi connectivity index (χ2v) is 6.88. The zero-order valence-electron chi connectivity index (χ0n) is 15.1. The molecule has 0 aliphatic carbocycles. The molecular weight excluding hydrogens is 318 g/mol. The molecule has 6 nitrogen and oxygen atoms in total. The summed E-state index contributed by atoms with van der Waals surface area (Å²) in [6.07, 6.45) is 0.757. The molecule has 2 amide bonds. The summed E-state index contributed by atoms with van der Waals surface area (Å²) in [5.41, 5.74) is 4.42. The van der Waals surface area contributed by atoms with Gasteiger partial charge in [-0.2, -0.15) is 0 Å². The highest BCUT2D eigenvalue weighted by molar-refractivity contribution is 5.94. The largest absolute Gasteiger partial charge is 0.382 e. The molecule has 2 heterocycles. The number of piperazine rings is 1. The maximum atomic E-state index is 12.5. The summed E-state index contributed by atoms with van der Waals surface area (Å²) in [7, 11) is 0. The third-order valence-corrected chi connectivity index (χ3v) is 4.70. The van der Waals surface area contributed by atoms with Crippen molar-refractivity contribution in [3.8, 4) is 0 Å². The Morgan fingerprint density at radius 2 is 1.96 bits per heavy atom. The number of amides is 2. The Hall–Kier alpha value is -2.37. The number of nitrogens with zero attached hydrogens (tertiary/aromatic N) is 3. The first-order valence-electron chi connectivity index (χ1n) is 8.81. The number of aryl methyl sites for hydroxylation is 2. The minimum atomic E-state index is -0.561. The van der Waals surface area contributed by atoms with Gasteiger partial charge in [0, 0.05) is 26.1 Å². The van der Waals surface area contributed by atoms with Gasteiger partial charge in [-0.3, -0.25) is 9.59 Å². The van der Waals surface area contributed by atoms with Gasteiger partial charge in [0.2, 0.25) is 12.0 Å². The van der Waals surface area contributed by atoms with E-state index in [0.717, 1.165) is 17.7 Å². The predicted molar refractivity (Wildman–Crippen MR) is 95.1 cm³/mol. The molecule has 1 aromatic rings. The molecule has 134 valence electrons. The average Bonchev–Trinajstić information content (AvgIpc) is 3.04. The van der Waals surface area contributed by atoms with Gasteiger partial charge in [-0.25, -0.2) is 0 Å². The lowest BCUT2D eigenvalue weighted by molar-refractivity contribution is -0.151. The van der Waals surface area contributed by atoms with Crippen LogP contribution < -0.4 is 0 Å². The van der Waals surface area contributed by atoms with Gasteiger partial charge in [0.05, 0.1) is 12.3 Å². The minimum absolute atomic E-state index is 0.0200. The number of hydrogen-bond acceptors (Lipinski definition) is 4. The lowest BCUT2D eigenvalue weighted by Crippen LogP contribution is -2.54. The van der Waals surface area contributed by atoms with Crippen molar-refractivity contribution < 1.29 is 14.4 Å². The summed E-state index contributed by atoms with van der Waals surface area (Å²) < 4.78 is 0. The van der Waals surface area contributed by atoms with Gasteiger partial charge in [0.1, 0.15) is 0 Å². The summed E-state index contributed by atoms with van der Waals surface area (Å²) >= 11 is 0. The van der Waals surface area contributed by atoms with E-state index in [1.54, 1.807) is 4.90 Å². The van der Waals surface area contributed by atoms with Crippen LogP contribution in [0.25, 0.3) is 0 Å². The summed E-state index contributed by atoms with van der Waals surface area (Å²) in [5.74, 6) is -0.153. The highest BCUT2D eigenvalue weighted by atomic mass is 16.6. The molecule has 0 N–H and O–H groups in total. The smallest absolute Gasteiger partial charge is 0.267 e. The third kappa shape index (κ3) is 4.00. The number of carbonyl (C=O) groups is 2. The first-order chi connectivity index (χ1) is 12.0. The van der Waals surface area contributed by atoms with E-state index in [2.05, 4.69) is 37.2 Å². The minimum Gasteiger partial charge on any atom is -0.382 e. The zero-order chi connectivity index (χ0) is 18.0. The lowest BCUT2D eigenvalue weighted by atomic mass is 10.1. The van der Waals surface area contributed by atoms with Gasteiger partial charge in [-0.05, 0) is 25.8 Å². The number of hydrogen-bond donors (Lipinski definition) is 0. The SMILES string of the molecule is CCC1=NO[C@H](C(=O)N2CCN(Cc3cc(C)cc(C)c3)C(=O)C2)C1. The first kappa shape index (κ1) is 17.5. The summed E-state index contributed by atoms with van der Waals surface area (Å²) in [6, 6.07) is 6.33. The van der Waals surface area contributed by atoms with Gasteiger partial charge in [-0.15, -0.1) is 0 Å². The van der Waals surface area contributed by atoms with Crippen molar-refractivity contribution >= 4 is 17.5 Å². The molecular formula is C19H25N3O3. The lowest BCUT2D eigenvalue weighted by Gasteiger charge is -2.35. The molecule has 1 fully saturated rings. The molecule has 0 spiro atoms. The molecule has 3 rings (SSSR count). The van der Waals surface area contributed by atoms with Crippen molar-refractivity contribution in [1.29, 1.82) is 0 Å². The quantitative estimate of drug-likeness (QED) is 0.840. The van der Waals surface area contributed by atoms with Crippen LogP contribution in [0.1, 0.15) is 36.5 Å². The normalized spacial score (nSPS) is 20.5. The molecule has 1 atom stereocenters. The van der Waals surface area contributed by atoms with E-state index in [0.29, 0.717) is 26.1 Å². The Bertz CT molecular complexity index is 694. The molecule has 2 aliphatic heterocycles. The maximum absolute atomic E-state index is 12.5. The van der Waals surface area contributed by atoms with Crippen molar-refractivity contribution in [2.24, 2.45) is 5.16 Å². The first-order valence-corrected chi connectivity index (χ1v) is 8.81. The van der Waals surface area contributed by atoms with Crippen LogP contribution in [0.4, 0.5) is 0 Å². The highest BCUT2D eigenvalue weighted by Crippen LogP contribution is 2.18. The van der Waals surface area contributed by atoms with Crippen LogP contribution in [0.5, 0.6) is 0 Å². The predicted octanol–water partition coefficient (Wildman–Crippen LogP) is 2.03. The molecule has 1 saturated heterocycles. The topological polar surface area (TPSA) is 62.2 Å². The van der Waals surface area contributed by atoms with E-state index >= 15 is 0 Å². The van der Waals surface area contributed by atoms with E-state index < -0.39 is 6.10 Å². The van der Waals surface area contributed by atoms with Crippen LogP contribution in [0.15, 0.2) is 23.4 Å². The summed E-state index contributed by atoms with van der Waals surface area (Å²) in [5, 5.41) is 3.93. The Morgan fingerprint density at radius 3 is 2.56 bits per heavy atom. The van der Waals surface area contributed by atoms with E-state index in [4.69, 9.17) is 4.84 Å². The molecule has 0 unspecified atom stereocenters. The monoisotopic (exact) mass is 343 g/mol. The second kappa shape index (κ2) is 7.25. The van der Waals surface area contributed by atoms with E-state index in [9.17, 15) is 9.59 Å². The molecule has 6 heteroatoms. The Labute approximate surface area is 148 Å². The Morgan fingerprint density at radius 1 is 1.24 bits per heavy atom. The van der Waals surface area contributed by atoms with Crippen LogP contribution >= 0.6 is 0 Å².